The van der Waals surface area contributed by atoms with Crippen molar-refractivity contribution >= 4 is 17.3 Å². The van der Waals surface area contributed by atoms with Gasteiger partial charge in [-0.25, -0.2) is 0 Å². The van der Waals surface area contributed by atoms with Gasteiger partial charge in [-0.1, -0.05) is 35.5 Å². The van der Waals surface area contributed by atoms with Crippen LogP contribution in [0.25, 0.3) is 5.57 Å². The van der Waals surface area contributed by atoms with E-state index in [0.29, 0.717) is 0 Å². The lowest BCUT2D eigenvalue weighted by atomic mass is 10.0. The average molecular weight is 188 g/mol. The van der Waals surface area contributed by atoms with Gasteiger partial charge in [0.15, 0.2) is 0 Å². The van der Waals surface area contributed by atoms with Gasteiger partial charge in [-0.3, -0.25) is 0 Å². The predicted octanol–water partition coefficient (Wildman–Crippen LogP) is 4.10. The summed E-state index contributed by atoms with van der Waals surface area (Å²) >= 11 is 1.80. The average Bonchev–Trinajstić information content (AvgIpc) is 2.17. The molecule has 66 valence electrons. The quantitative estimate of drug-likeness (QED) is 0.590. The number of hydrogen-bond acceptors (Lipinski definition) is 1. The molecular formula is C12H12S. The van der Waals surface area contributed by atoms with Crippen LogP contribution in [-0.4, -0.2) is 0 Å². The Morgan fingerprint density at radius 3 is 2.69 bits per heavy atom. The lowest BCUT2D eigenvalue weighted by Crippen LogP contribution is -1.90. The van der Waals surface area contributed by atoms with E-state index in [-0.39, 0.29) is 0 Å². The Labute approximate surface area is 83.4 Å². The minimum absolute atomic E-state index is 1.36. The molecule has 2 rings (SSSR count). The van der Waals surface area contributed by atoms with Gasteiger partial charge in [0.25, 0.3) is 0 Å². The summed E-state index contributed by atoms with van der Waals surface area (Å²) in [6.45, 7) is 4.32. The second kappa shape index (κ2) is 3.43. The number of thioether (sulfide) groups is 1. The smallest absolute Gasteiger partial charge is 0.0194 e. The van der Waals surface area contributed by atoms with Crippen LogP contribution in [0.15, 0.2) is 46.2 Å². The third kappa shape index (κ3) is 1.56. The Kier molecular flexibility index (Phi) is 2.28. The van der Waals surface area contributed by atoms with Gasteiger partial charge in [-0.15, -0.1) is 0 Å². The number of hydrogen-bond donors (Lipinski definition) is 0. The summed E-state index contributed by atoms with van der Waals surface area (Å²) in [6.07, 6.45) is 2.20. The third-order valence-electron chi connectivity index (χ3n) is 2.15. The lowest BCUT2D eigenvalue weighted by Gasteiger charge is -2.14. The highest BCUT2D eigenvalue weighted by Crippen LogP contribution is 2.35. The maximum atomic E-state index is 2.20. The minimum atomic E-state index is 1.36. The zero-order valence-electron chi connectivity index (χ0n) is 7.87. The van der Waals surface area contributed by atoms with Gasteiger partial charge in [0.1, 0.15) is 0 Å². The molecule has 0 atom stereocenters. The number of rotatable bonds is 0. The summed E-state index contributed by atoms with van der Waals surface area (Å²) in [6, 6.07) is 8.55. The number of fused-ring (bicyclic) bond motifs is 1. The molecule has 0 aliphatic carbocycles. The summed E-state index contributed by atoms with van der Waals surface area (Å²) in [5.41, 5.74) is 4.12. The van der Waals surface area contributed by atoms with E-state index in [9.17, 15) is 0 Å². The van der Waals surface area contributed by atoms with E-state index in [1.54, 1.807) is 11.8 Å². The van der Waals surface area contributed by atoms with Crippen molar-refractivity contribution in [1.82, 2.24) is 0 Å². The zero-order valence-corrected chi connectivity index (χ0v) is 8.69. The Morgan fingerprint density at radius 2 is 1.92 bits per heavy atom. The van der Waals surface area contributed by atoms with E-state index >= 15 is 0 Å². The van der Waals surface area contributed by atoms with Gasteiger partial charge in [0.05, 0.1) is 0 Å². The molecule has 1 heterocycles. The molecule has 1 aromatic carbocycles. The van der Waals surface area contributed by atoms with E-state index in [2.05, 4.69) is 49.6 Å². The maximum Gasteiger partial charge on any atom is 0.0194 e. The van der Waals surface area contributed by atoms with Crippen LogP contribution in [0, 0.1) is 0 Å². The highest BCUT2D eigenvalue weighted by Gasteiger charge is 2.09. The molecule has 0 amide bonds. The fourth-order valence-electron chi connectivity index (χ4n) is 1.49. The molecule has 0 aromatic heterocycles. The van der Waals surface area contributed by atoms with Gasteiger partial charge in [-0.2, -0.15) is 0 Å². The summed E-state index contributed by atoms with van der Waals surface area (Å²) in [4.78, 5) is 1.36. The normalized spacial score (nSPS) is 14.2. The largest absolute Gasteiger partial charge is 0.0974 e. The van der Waals surface area contributed by atoms with Gasteiger partial charge in [-0.05, 0) is 42.5 Å². The first-order chi connectivity index (χ1) is 6.29. The van der Waals surface area contributed by atoms with E-state index in [1.165, 1.54) is 21.6 Å². The van der Waals surface area contributed by atoms with E-state index < -0.39 is 0 Å². The maximum absolute atomic E-state index is 2.20. The van der Waals surface area contributed by atoms with Crippen LogP contribution in [-0.2, 0) is 0 Å². The van der Waals surface area contributed by atoms with Crippen molar-refractivity contribution in [2.45, 2.75) is 18.7 Å². The Hall–Kier alpha value is -0.950. The molecule has 0 fully saturated rings. The molecule has 13 heavy (non-hydrogen) atoms. The summed E-state index contributed by atoms with van der Waals surface area (Å²) < 4.78 is 0. The van der Waals surface area contributed by atoms with Crippen LogP contribution in [0.4, 0.5) is 0 Å². The van der Waals surface area contributed by atoms with Crippen molar-refractivity contribution in [3.63, 3.8) is 0 Å². The molecule has 0 spiro atoms. The first kappa shape index (κ1) is 8.64. The second-order valence-corrected chi connectivity index (χ2v) is 4.28. The first-order valence-corrected chi connectivity index (χ1v) is 5.27. The summed E-state index contributed by atoms with van der Waals surface area (Å²) in [7, 11) is 0. The molecule has 0 unspecified atom stereocenters. The molecule has 0 bridgehead atoms. The SMILES string of the molecule is CC(C)=C1C=CSc2ccccc21. The fourth-order valence-corrected chi connectivity index (χ4v) is 2.31. The number of benzene rings is 1. The van der Waals surface area contributed by atoms with Crippen LogP contribution in [0.1, 0.15) is 19.4 Å². The fraction of sp³-hybridized carbons (Fsp3) is 0.167. The Balaban J connectivity index is 2.62. The van der Waals surface area contributed by atoms with Crippen molar-refractivity contribution in [2.75, 3.05) is 0 Å². The van der Waals surface area contributed by atoms with Crippen molar-refractivity contribution in [1.29, 1.82) is 0 Å². The van der Waals surface area contributed by atoms with Crippen LogP contribution >= 0.6 is 11.8 Å². The van der Waals surface area contributed by atoms with Gasteiger partial charge < -0.3 is 0 Å². The topological polar surface area (TPSA) is 0 Å². The molecule has 0 N–H and O–H groups in total. The Morgan fingerprint density at radius 1 is 1.15 bits per heavy atom. The molecule has 0 nitrogen and oxygen atoms in total. The van der Waals surface area contributed by atoms with Crippen molar-refractivity contribution < 1.29 is 0 Å². The first-order valence-electron chi connectivity index (χ1n) is 4.39. The molecule has 0 saturated heterocycles. The van der Waals surface area contributed by atoms with E-state index in [4.69, 9.17) is 0 Å². The summed E-state index contributed by atoms with van der Waals surface area (Å²) in [5, 5.41) is 2.16. The predicted molar refractivity (Wildman–Crippen MR) is 59.7 cm³/mol. The van der Waals surface area contributed by atoms with Crippen LogP contribution < -0.4 is 0 Å². The monoisotopic (exact) mass is 188 g/mol. The molecule has 0 radical (unpaired) electrons. The van der Waals surface area contributed by atoms with Crippen LogP contribution in [0.3, 0.4) is 0 Å². The van der Waals surface area contributed by atoms with E-state index in [1.807, 2.05) is 0 Å². The highest BCUT2D eigenvalue weighted by molar-refractivity contribution is 8.02. The van der Waals surface area contributed by atoms with Crippen molar-refractivity contribution in [3.05, 3.63) is 46.9 Å². The van der Waals surface area contributed by atoms with Crippen molar-refractivity contribution in [3.8, 4) is 0 Å². The summed E-state index contributed by atoms with van der Waals surface area (Å²) in [5.74, 6) is 0. The lowest BCUT2D eigenvalue weighted by molar-refractivity contribution is 1.34. The molecule has 1 aliphatic heterocycles. The zero-order chi connectivity index (χ0) is 9.26. The molecule has 1 aromatic rings. The van der Waals surface area contributed by atoms with Gasteiger partial charge in [0, 0.05) is 4.90 Å². The molecule has 1 aliphatic rings. The van der Waals surface area contributed by atoms with Crippen LogP contribution in [0.2, 0.25) is 0 Å². The minimum Gasteiger partial charge on any atom is -0.0974 e. The highest BCUT2D eigenvalue weighted by atomic mass is 32.2. The third-order valence-corrected chi connectivity index (χ3v) is 3.03. The molecule has 1 heteroatoms. The Bertz CT molecular complexity index is 382. The van der Waals surface area contributed by atoms with Crippen molar-refractivity contribution in [2.24, 2.45) is 0 Å². The second-order valence-electron chi connectivity index (χ2n) is 3.33. The standard InChI is InChI=1S/C12H12S/c1-9(2)10-7-8-13-12-6-4-3-5-11(10)12/h3-8H,1-2H3. The van der Waals surface area contributed by atoms with Gasteiger partial charge >= 0.3 is 0 Å². The number of allylic oxidation sites excluding steroid dienone is 3. The van der Waals surface area contributed by atoms with Gasteiger partial charge in [0.2, 0.25) is 0 Å². The van der Waals surface area contributed by atoms with Crippen LogP contribution in [0.5, 0.6) is 0 Å². The molecular weight excluding hydrogens is 176 g/mol. The molecule has 0 saturated carbocycles. The van der Waals surface area contributed by atoms with E-state index in [0.717, 1.165) is 0 Å².